The molecule has 2 aliphatic rings. The summed E-state index contributed by atoms with van der Waals surface area (Å²) in [5.41, 5.74) is 0. The van der Waals surface area contributed by atoms with Gasteiger partial charge in [0.15, 0.2) is 5.96 Å². The molecule has 2 atom stereocenters. The van der Waals surface area contributed by atoms with Crippen LogP contribution in [-0.2, 0) is 0 Å². The van der Waals surface area contributed by atoms with E-state index in [1.54, 1.807) is 0 Å². The molecule has 2 unspecified atom stereocenters. The summed E-state index contributed by atoms with van der Waals surface area (Å²) in [7, 11) is 1.51. The highest BCUT2D eigenvalue weighted by Crippen LogP contribution is 2.35. The smallest absolute Gasteiger partial charge is 0.357 e. The second-order valence-corrected chi connectivity index (χ2v) is 7.15. The van der Waals surface area contributed by atoms with Gasteiger partial charge in [-0.1, -0.05) is 12.8 Å². The molecule has 1 N–H and O–H groups in total. The summed E-state index contributed by atoms with van der Waals surface area (Å²) in [5.74, 6) is 2.52. The molecule has 1 heterocycles. The van der Waals surface area contributed by atoms with Crippen molar-refractivity contribution < 1.29 is 13.2 Å². The second kappa shape index (κ2) is 10.8. The van der Waals surface area contributed by atoms with Crippen LogP contribution in [0.5, 0.6) is 0 Å². The Morgan fingerprint density at radius 1 is 1.20 bits per heavy atom. The second-order valence-electron chi connectivity index (χ2n) is 7.15. The Hall–Kier alpha value is -0.250. The van der Waals surface area contributed by atoms with Gasteiger partial charge in [0.2, 0.25) is 0 Å². The first kappa shape index (κ1) is 22.8. The van der Waals surface area contributed by atoms with Crippen molar-refractivity contribution in [1.82, 2.24) is 15.1 Å². The van der Waals surface area contributed by atoms with E-state index in [4.69, 9.17) is 0 Å². The molecule has 0 aromatic heterocycles. The van der Waals surface area contributed by atoms with Crippen LogP contribution in [0.3, 0.4) is 0 Å². The molecule has 8 heteroatoms. The van der Waals surface area contributed by atoms with Gasteiger partial charge in [0, 0.05) is 26.2 Å². The average Bonchev–Trinajstić information content (AvgIpc) is 2.92. The maximum Gasteiger partial charge on any atom is 0.401 e. The molecule has 1 aliphatic carbocycles. The van der Waals surface area contributed by atoms with Crippen molar-refractivity contribution in [1.29, 1.82) is 0 Å². The van der Waals surface area contributed by atoms with Gasteiger partial charge in [0.05, 0.1) is 6.54 Å². The molecule has 148 valence electrons. The monoisotopic (exact) mass is 476 g/mol. The standard InChI is InChI=1S/C17H31F3N4.HI/c1-3-21-16(22-9-6-10-23(2)13-17(18,19)20)24-11-14-7-4-5-8-15(14)12-24;/h14-15H,3-13H2,1-2H3,(H,21,22);1H. The largest absolute Gasteiger partial charge is 0.401 e. The average molecular weight is 476 g/mol. The lowest BCUT2D eigenvalue weighted by Gasteiger charge is -2.22. The van der Waals surface area contributed by atoms with Gasteiger partial charge in [0.25, 0.3) is 0 Å². The number of aliphatic imine (C=N–C) groups is 1. The SMILES string of the molecule is CCNC(=NCCCN(C)CC(F)(F)F)N1CC2CCCCC2C1.I. The maximum atomic E-state index is 12.3. The predicted octanol–water partition coefficient (Wildman–Crippen LogP) is 3.58. The fraction of sp³-hybridized carbons (Fsp3) is 0.941. The summed E-state index contributed by atoms with van der Waals surface area (Å²) in [6.07, 6.45) is 1.84. The van der Waals surface area contributed by atoms with Gasteiger partial charge in [-0.25, -0.2) is 0 Å². The molecule has 4 nitrogen and oxygen atoms in total. The van der Waals surface area contributed by atoms with Crippen molar-refractivity contribution in [3.05, 3.63) is 0 Å². The van der Waals surface area contributed by atoms with E-state index >= 15 is 0 Å². The van der Waals surface area contributed by atoms with Crippen molar-refractivity contribution >= 4 is 29.9 Å². The van der Waals surface area contributed by atoms with Crippen LogP contribution in [0.15, 0.2) is 4.99 Å². The topological polar surface area (TPSA) is 30.9 Å². The lowest BCUT2D eigenvalue weighted by molar-refractivity contribution is -0.143. The Morgan fingerprint density at radius 2 is 1.80 bits per heavy atom. The number of rotatable bonds is 6. The highest BCUT2D eigenvalue weighted by Gasteiger charge is 2.35. The van der Waals surface area contributed by atoms with E-state index in [0.717, 1.165) is 37.4 Å². The Morgan fingerprint density at radius 3 is 2.32 bits per heavy atom. The molecule has 0 bridgehead atoms. The minimum Gasteiger partial charge on any atom is -0.357 e. The van der Waals surface area contributed by atoms with Crippen LogP contribution in [0.2, 0.25) is 0 Å². The van der Waals surface area contributed by atoms with Crippen LogP contribution in [0.1, 0.15) is 39.0 Å². The first-order chi connectivity index (χ1) is 11.4. The van der Waals surface area contributed by atoms with Gasteiger partial charge in [-0.3, -0.25) is 9.89 Å². The molecule has 0 aromatic carbocycles. The molecule has 0 aromatic rings. The molecule has 2 fully saturated rings. The van der Waals surface area contributed by atoms with E-state index < -0.39 is 12.7 Å². The van der Waals surface area contributed by atoms with Gasteiger partial charge >= 0.3 is 6.18 Å². The van der Waals surface area contributed by atoms with Crippen molar-refractivity contribution in [3.63, 3.8) is 0 Å². The fourth-order valence-electron chi connectivity index (χ4n) is 3.92. The zero-order valence-corrected chi connectivity index (χ0v) is 17.6. The molecule has 2 rings (SSSR count). The first-order valence-corrected chi connectivity index (χ1v) is 9.17. The van der Waals surface area contributed by atoms with E-state index in [1.165, 1.54) is 37.6 Å². The van der Waals surface area contributed by atoms with E-state index in [9.17, 15) is 13.2 Å². The first-order valence-electron chi connectivity index (χ1n) is 9.17. The number of fused-ring (bicyclic) bond motifs is 1. The predicted molar refractivity (Wildman–Crippen MR) is 107 cm³/mol. The molecule has 1 saturated carbocycles. The molecule has 0 spiro atoms. The zero-order valence-electron chi connectivity index (χ0n) is 15.3. The van der Waals surface area contributed by atoms with Crippen LogP contribution in [0, 0.1) is 11.8 Å². The van der Waals surface area contributed by atoms with Gasteiger partial charge in [0.1, 0.15) is 0 Å². The maximum absolute atomic E-state index is 12.3. The number of halogens is 4. The molecular formula is C17H32F3IN4. The van der Waals surface area contributed by atoms with E-state index in [1.807, 2.05) is 0 Å². The summed E-state index contributed by atoms with van der Waals surface area (Å²) >= 11 is 0. The van der Waals surface area contributed by atoms with Crippen LogP contribution in [-0.4, -0.2) is 68.3 Å². The summed E-state index contributed by atoms with van der Waals surface area (Å²) in [6.45, 7) is 5.14. The lowest BCUT2D eigenvalue weighted by atomic mass is 9.82. The number of hydrogen-bond acceptors (Lipinski definition) is 2. The number of guanidine groups is 1. The Bertz CT molecular complexity index is 403. The molecule has 1 aliphatic heterocycles. The Balaban J connectivity index is 0.00000312. The third-order valence-electron chi connectivity index (χ3n) is 5.02. The number of hydrogen-bond donors (Lipinski definition) is 1. The van der Waals surface area contributed by atoms with Crippen molar-refractivity contribution in [2.24, 2.45) is 16.8 Å². The van der Waals surface area contributed by atoms with Gasteiger partial charge in [-0.2, -0.15) is 13.2 Å². The number of nitrogens with one attached hydrogen (secondary N) is 1. The van der Waals surface area contributed by atoms with E-state index in [2.05, 4.69) is 22.1 Å². The molecular weight excluding hydrogens is 444 g/mol. The Labute approximate surface area is 166 Å². The zero-order chi connectivity index (χ0) is 17.6. The van der Waals surface area contributed by atoms with Crippen LogP contribution < -0.4 is 5.32 Å². The normalized spacial score (nSPS) is 24.2. The van der Waals surface area contributed by atoms with Crippen molar-refractivity contribution in [2.75, 3.05) is 46.3 Å². The van der Waals surface area contributed by atoms with Gasteiger partial charge in [-0.15, -0.1) is 24.0 Å². The molecule has 25 heavy (non-hydrogen) atoms. The minimum atomic E-state index is -4.13. The summed E-state index contributed by atoms with van der Waals surface area (Å²) in [6, 6.07) is 0. The third-order valence-corrected chi connectivity index (χ3v) is 5.02. The lowest BCUT2D eigenvalue weighted by Crippen LogP contribution is -2.40. The number of alkyl halides is 3. The van der Waals surface area contributed by atoms with Crippen LogP contribution >= 0.6 is 24.0 Å². The van der Waals surface area contributed by atoms with Gasteiger partial charge in [-0.05, 0) is 51.6 Å². The third kappa shape index (κ3) is 7.88. The van der Waals surface area contributed by atoms with E-state index in [0.29, 0.717) is 19.5 Å². The highest BCUT2D eigenvalue weighted by atomic mass is 127. The highest BCUT2D eigenvalue weighted by molar-refractivity contribution is 14.0. The summed E-state index contributed by atoms with van der Waals surface area (Å²) in [5, 5.41) is 3.34. The van der Waals surface area contributed by atoms with Crippen LogP contribution in [0.25, 0.3) is 0 Å². The minimum absolute atomic E-state index is 0. The molecule has 1 saturated heterocycles. The fourth-order valence-corrected chi connectivity index (χ4v) is 3.92. The summed E-state index contributed by atoms with van der Waals surface area (Å²) < 4.78 is 36.9. The summed E-state index contributed by atoms with van der Waals surface area (Å²) in [4.78, 5) is 8.31. The molecule has 0 radical (unpaired) electrons. The van der Waals surface area contributed by atoms with Crippen molar-refractivity contribution in [3.8, 4) is 0 Å². The van der Waals surface area contributed by atoms with Crippen LogP contribution in [0.4, 0.5) is 13.2 Å². The number of nitrogens with zero attached hydrogens (tertiary/aromatic N) is 3. The molecule has 0 amide bonds. The van der Waals surface area contributed by atoms with E-state index in [-0.39, 0.29) is 24.0 Å². The quantitative estimate of drug-likeness (QED) is 0.275. The Kier molecular flexibility index (Phi) is 9.84. The van der Waals surface area contributed by atoms with Gasteiger partial charge < -0.3 is 10.2 Å². The van der Waals surface area contributed by atoms with Crippen molar-refractivity contribution in [2.45, 2.75) is 45.2 Å². The number of likely N-dealkylation sites (tertiary alicyclic amines) is 1.